The van der Waals surface area contributed by atoms with E-state index in [0.717, 1.165) is 41.8 Å². The number of pyridine rings is 1. The van der Waals surface area contributed by atoms with Gasteiger partial charge >= 0.3 is 5.97 Å². The summed E-state index contributed by atoms with van der Waals surface area (Å²) in [4.78, 5) is 27.1. The molecule has 1 atom stereocenters. The van der Waals surface area contributed by atoms with Gasteiger partial charge in [0, 0.05) is 12.7 Å². The quantitative estimate of drug-likeness (QED) is 0.456. The van der Waals surface area contributed by atoms with Crippen molar-refractivity contribution in [2.24, 2.45) is 0 Å². The van der Waals surface area contributed by atoms with E-state index >= 15 is 0 Å². The summed E-state index contributed by atoms with van der Waals surface area (Å²) in [7, 11) is 0. The van der Waals surface area contributed by atoms with Gasteiger partial charge in [0.15, 0.2) is 0 Å². The van der Waals surface area contributed by atoms with Crippen molar-refractivity contribution in [3.8, 4) is 6.07 Å². The second-order valence-corrected chi connectivity index (χ2v) is 8.35. The number of rotatable bonds is 6. The SMILES string of the molecule is N#Cc1ccc(CN(Cc2nc3ccccc3[nH]2)C2CCCc3cccnc32)c(C(=O)O)c1. The molecule has 7 heteroatoms. The zero-order chi connectivity index (χ0) is 22.8. The summed E-state index contributed by atoms with van der Waals surface area (Å²) in [5, 5.41) is 19.0. The summed E-state index contributed by atoms with van der Waals surface area (Å²) in [6.45, 7) is 0.930. The lowest BCUT2D eigenvalue weighted by Crippen LogP contribution is -2.32. The van der Waals surface area contributed by atoms with Gasteiger partial charge in [-0.05, 0) is 60.7 Å². The molecule has 7 nitrogen and oxygen atoms in total. The molecule has 1 aliphatic carbocycles. The van der Waals surface area contributed by atoms with Crippen LogP contribution in [0.1, 0.15) is 57.5 Å². The Labute approximate surface area is 191 Å². The second-order valence-electron chi connectivity index (χ2n) is 8.35. The molecular weight excluding hydrogens is 414 g/mol. The molecule has 1 aliphatic rings. The molecule has 2 aromatic heterocycles. The highest BCUT2D eigenvalue weighted by atomic mass is 16.4. The molecule has 1 unspecified atom stereocenters. The standard InChI is InChI=1S/C26H23N5O2/c27-14-17-10-11-19(20(13-17)26(32)33)15-31(16-24-29-21-7-1-2-8-22(21)30-24)23-9-3-5-18-6-4-12-28-25(18)23/h1-2,4,6-8,10-13,23H,3,5,9,15-16H2,(H,29,30)(H,32,33). The number of fused-ring (bicyclic) bond motifs is 2. The van der Waals surface area contributed by atoms with E-state index in [1.54, 1.807) is 12.1 Å². The Hall–Kier alpha value is -4.02. The number of nitrogens with one attached hydrogen (secondary N) is 1. The number of hydrogen-bond acceptors (Lipinski definition) is 5. The molecule has 164 valence electrons. The number of nitrogens with zero attached hydrogens (tertiary/aromatic N) is 4. The molecule has 2 N–H and O–H groups in total. The van der Waals surface area contributed by atoms with E-state index < -0.39 is 5.97 Å². The van der Waals surface area contributed by atoms with Crippen LogP contribution in [-0.4, -0.2) is 30.9 Å². The summed E-state index contributed by atoms with van der Waals surface area (Å²) in [6.07, 6.45) is 4.79. The van der Waals surface area contributed by atoms with E-state index in [1.165, 1.54) is 11.6 Å². The minimum absolute atomic E-state index is 0.0421. The fourth-order valence-corrected chi connectivity index (χ4v) is 4.69. The van der Waals surface area contributed by atoms with Gasteiger partial charge in [-0.15, -0.1) is 0 Å². The number of hydrogen-bond donors (Lipinski definition) is 2. The number of aromatic carboxylic acids is 1. The van der Waals surface area contributed by atoms with Gasteiger partial charge in [-0.1, -0.05) is 24.3 Å². The van der Waals surface area contributed by atoms with Gasteiger partial charge in [-0.3, -0.25) is 9.88 Å². The lowest BCUT2D eigenvalue weighted by molar-refractivity contribution is 0.0692. The Morgan fingerprint density at radius 3 is 2.88 bits per heavy atom. The van der Waals surface area contributed by atoms with Crippen LogP contribution in [0.4, 0.5) is 0 Å². The van der Waals surface area contributed by atoms with Crippen LogP contribution in [-0.2, 0) is 19.5 Å². The molecule has 0 saturated carbocycles. The molecule has 2 aromatic carbocycles. The monoisotopic (exact) mass is 437 g/mol. The second kappa shape index (κ2) is 8.85. The van der Waals surface area contributed by atoms with Crippen LogP contribution >= 0.6 is 0 Å². The van der Waals surface area contributed by atoms with Crippen LogP contribution in [0, 0.1) is 11.3 Å². The van der Waals surface area contributed by atoms with Gasteiger partial charge in [-0.2, -0.15) is 5.26 Å². The van der Waals surface area contributed by atoms with Gasteiger partial charge in [0.25, 0.3) is 0 Å². The Morgan fingerprint density at radius 1 is 1.18 bits per heavy atom. The summed E-state index contributed by atoms with van der Waals surface area (Å²) in [5.74, 6) is -0.210. The van der Waals surface area contributed by atoms with E-state index in [0.29, 0.717) is 24.2 Å². The molecule has 2 heterocycles. The molecule has 0 spiro atoms. The Balaban J connectivity index is 1.55. The molecule has 0 amide bonds. The summed E-state index contributed by atoms with van der Waals surface area (Å²) in [5.41, 5.74) is 5.32. The van der Waals surface area contributed by atoms with Crippen molar-refractivity contribution >= 4 is 17.0 Å². The summed E-state index contributed by atoms with van der Waals surface area (Å²) in [6, 6.07) is 18.9. The van der Waals surface area contributed by atoms with Crippen LogP contribution in [0.25, 0.3) is 11.0 Å². The fraction of sp³-hybridized carbons (Fsp3) is 0.231. The molecule has 0 saturated heterocycles. The number of carboxylic acids is 1. The van der Waals surface area contributed by atoms with E-state index in [1.807, 2.05) is 42.6 Å². The minimum Gasteiger partial charge on any atom is -0.478 e. The van der Waals surface area contributed by atoms with Crippen LogP contribution in [0.3, 0.4) is 0 Å². The van der Waals surface area contributed by atoms with Crippen molar-refractivity contribution in [1.29, 1.82) is 5.26 Å². The summed E-state index contributed by atoms with van der Waals surface area (Å²) >= 11 is 0. The Bertz CT molecular complexity index is 1340. The van der Waals surface area contributed by atoms with Crippen LogP contribution in [0.2, 0.25) is 0 Å². The van der Waals surface area contributed by atoms with Gasteiger partial charge in [0.1, 0.15) is 5.82 Å². The fourth-order valence-electron chi connectivity index (χ4n) is 4.69. The first kappa shape index (κ1) is 20.9. The van der Waals surface area contributed by atoms with Gasteiger partial charge in [0.05, 0.1) is 46.5 Å². The molecule has 4 aromatic rings. The highest BCUT2D eigenvalue weighted by Gasteiger charge is 2.29. The maximum atomic E-state index is 12.0. The van der Waals surface area contributed by atoms with E-state index in [4.69, 9.17) is 9.97 Å². The first-order valence-corrected chi connectivity index (χ1v) is 11.0. The molecular formula is C26H23N5O2. The lowest BCUT2D eigenvalue weighted by Gasteiger charge is -2.35. The predicted molar refractivity (Wildman–Crippen MR) is 123 cm³/mol. The Kier molecular flexibility index (Phi) is 5.59. The average molecular weight is 438 g/mol. The summed E-state index contributed by atoms with van der Waals surface area (Å²) < 4.78 is 0. The van der Waals surface area contributed by atoms with Crippen molar-refractivity contribution in [3.63, 3.8) is 0 Å². The van der Waals surface area contributed by atoms with Crippen molar-refractivity contribution in [2.45, 2.75) is 38.4 Å². The number of aryl methyl sites for hydroxylation is 1. The molecule has 33 heavy (non-hydrogen) atoms. The van der Waals surface area contributed by atoms with Gasteiger partial charge in [-0.25, -0.2) is 9.78 Å². The van der Waals surface area contributed by atoms with Crippen LogP contribution in [0.15, 0.2) is 60.8 Å². The van der Waals surface area contributed by atoms with E-state index in [2.05, 4.69) is 16.0 Å². The first-order chi connectivity index (χ1) is 16.1. The average Bonchev–Trinajstić information content (AvgIpc) is 3.26. The van der Waals surface area contributed by atoms with Gasteiger partial charge in [0.2, 0.25) is 0 Å². The number of para-hydroxylation sites is 2. The number of carbonyl (C=O) groups is 1. The largest absolute Gasteiger partial charge is 0.478 e. The molecule has 0 bridgehead atoms. The maximum Gasteiger partial charge on any atom is 0.336 e. The number of benzene rings is 2. The third kappa shape index (κ3) is 4.21. The number of aromatic amines is 1. The van der Waals surface area contributed by atoms with Crippen molar-refractivity contribution in [1.82, 2.24) is 19.9 Å². The number of H-pyrrole nitrogens is 1. The molecule has 0 aliphatic heterocycles. The predicted octanol–water partition coefficient (Wildman–Crippen LogP) is 4.61. The topological polar surface area (TPSA) is 106 Å². The van der Waals surface area contributed by atoms with Crippen molar-refractivity contribution in [3.05, 3.63) is 94.6 Å². The lowest BCUT2D eigenvalue weighted by atomic mass is 9.90. The van der Waals surface area contributed by atoms with Crippen LogP contribution in [0.5, 0.6) is 0 Å². The maximum absolute atomic E-state index is 12.0. The highest BCUT2D eigenvalue weighted by Crippen LogP contribution is 2.35. The van der Waals surface area contributed by atoms with E-state index in [9.17, 15) is 15.2 Å². The van der Waals surface area contributed by atoms with Gasteiger partial charge < -0.3 is 10.1 Å². The molecule has 0 radical (unpaired) electrons. The first-order valence-electron chi connectivity index (χ1n) is 11.0. The minimum atomic E-state index is -1.03. The number of aromatic nitrogens is 3. The molecule has 5 rings (SSSR count). The van der Waals surface area contributed by atoms with Crippen LogP contribution < -0.4 is 0 Å². The molecule has 0 fully saturated rings. The third-order valence-corrected chi connectivity index (χ3v) is 6.24. The zero-order valence-electron chi connectivity index (χ0n) is 18.0. The highest BCUT2D eigenvalue weighted by molar-refractivity contribution is 5.89. The smallest absolute Gasteiger partial charge is 0.336 e. The third-order valence-electron chi connectivity index (χ3n) is 6.24. The van der Waals surface area contributed by atoms with Crippen molar-refractivity contribution in [2.75, 3.05) is 0 Å². The number of imidazole rings is 1. The zero-order valence-corrected chi connectivity index (χ0v) is 18.0. The Morgan fingerprint density at radius 2 is 2.06 bits per heavy atom. The normalized spacial score (nSPS) is 15.3. The number of carboxylic acid groups (broad SMARTS) is 1. The number of nitriles is 1. The van der Waals surface area contributed by atoms with Crippen molar-refractivity contribution < 1.29 is 9.90 Å². The van der Waals surface area contributed by atoms with E-state index in [-0.39, 0.29) is 11.6 Å².